The van der Waals surface area contributed by atoms with Crippen LogP contribution in [0.2, 0.25) is 0 Å². The summed E-state index contributed by atoms with van der Waals surface area (Å²) in [6.45, 7) is 9.06. The molecule has 1 heterocycles. The van der Waals surface area contributed by atoms with Crippen LogP contribution in [-0.2, 0) is 26.2 Å². The number of nitrogens with one attached hydrogen (secondary N) is 1. The number of anilines is 1. The van der Waals surface area contributed by atoms with Crippen LogP contribution in [0.4, 0.5) is 5.69 Å². The highest BCUT2D eigenvalue weighted by molar-refractivity contribution is 7.92. The van der Waals surface area contributed by atoms with Crippen LogP contribution in [0.3, 0.4) is 0 Å². The standard InChI is InChI=1S/C29H41N3O6S/c1-6-22(4)30-29(34)25(7-2)31(20-23-12-9-8-11-21(23)3)28(33)13-10-16-32(39(5,35)36)24-14-15-26-27(19-24)38-18-17-37-26/h8-9,11-12,14-15,19,22,25H,6-7,10,13,16-18,20H2,1-5H3,(H,30,34)/t22-,25-/m0/s1. The Hall–Kier alpha value is -3.27. The lowest BCUT2D eigenvalue weighted by Gasteiger charge is -2.32. The Morgan fingerprint density at radius 2 is 1.72 bits per heavy atom. The lowest BCUT2D eigenvalue weighted by molar-refractivity contribution is -0.141. The van der Waals surface area contributed by atoms with E-state index in [2.05, 4.69) is 5.32 Å². The van der Waals surface area contributed by atoms with Crippen LogP contribution < -0.4 is 19.1 Å². The number of fused-ring (bicyclic) bond motifs is 1. The zero-order valence-electron chi connectivity index (χ0n) is 23.6. The van der Waals surface area contributed by atoms with Crippen molar-refractivity contribution in [1.82, 2.24) is 10.2 Å². The lowest BCUT2D eigenvalue weighted by atomic mass is 10.0. The number of nitrogens with zero attached hydrogens (tertiary/aromatic N) is 2. The number of carbonyl (C=O) groups is 2. The monoisotopic (exact) mass is 559 g/mol. The number of sulfonamides is 1. The molecule has 0 saturated heterocycles. The van der Waals surface area contributed by atoms with Crippen molar-refractivity contribution in [3.8, 4) is 11.5 Å². The molecule has 0 spiro atoms. The van der Waals surface area contributed by atoms with Crippen molar-refractivity contribution in [1.29, 1.82) is 0 Å². The van der Waals surface area contributed by atoms with Crippen LogP contribution >= 0.6 is 0 Å². The van der Waals surface area contributed by atoms with Crippen LogP contribution in [0.25, 0.3) is 0 Å². The van der Waals surface area contributed by atoms with Gasteiger partial charge in [-0.15, -0.1) is 0 Å². The number of carbonyl (C=O) groups excluding carboxylic acids is 2. The molecule has 0 bridgehead atoms. The van der Waals surface area contributed by atoms with E-state index in [1.165, 1.54) is 4.31 Å². The highest BCUT2D eigenvalue weighted by Crippen LogP contribution is 2.34. The van der Waals surface area contributed by atoms with Crippen molar-refractivity contribution in [2.45, 2.75) is 72.0 Å². The Morgan fingerprint density at radius 1 is 1.03 bits per heavy atom. The van der Waals surface area contributed by atoms with Gasteiger partial charge in [-0.05, 0) is 56.4 Å². The van der Waals surface area contributed by atoms with Crippen molar-refractivity contribution >= 4 is 27.5 Å². The number of benzene rings is 2. The van der Waals surface area contributed by atoms with Gasteiger partial charge in [-0.25, -0.2) is 8.42 Å². The van der Waals surface area contributed by atoms with Crippen molar-refractivity contribution in [2.75, 3.05) is 30.3 Å². The molecule has 2 atom stereocenters. The van der Waals surface area contributed by atoms with Crippen molar-refractivity contribution in [3.05, 3.63) is 53.6 Å². The van der Waals surface area contributed by atoms with Crippen LogP contribution in [0.1, 0.15) is 57.6 Å². The Bertz CT molecular complexity index is 1250. The molecular weight excluding hydrogens is 518 g/mol. The van der Waals surface area contributed by atoms with Gasteiger partial charge in [0, 0.05) is 31.6 Å². The Balaban J connectivity index is 1.78. The van der Waals surface area contributed by atoms with Gasteiger partial charge < -0.3 is 19.7 Å². The van der Waals surface area contributed by atoms with Gasteiger partial charge in [-0.3, -0.25) is 13.9 Å². The first-order valence-corrected chi connectivity index (χ1v) is 15.4. The van der Waals surface area contributed by atoms with Gasteiger partial charge in [-0.2, -0.15) is 0 Å². The first-order chi connectivity index (χ1) is 18.5. The molecule has 1 N–H and O–H groups in total. The van der Waals surface area contributed by atoms with E-state index < -0.39 is 16.1 Å². The van der Waals surface area contributed by atoms with E-state index in [9.17, 15) is 18.0 Å². The minimum absolute atomic E-state index is 0.00344. The summed E-state index contributed by atoms with van der Waals surface area (Å²) in [6, 6.07) is 12.2. The van der Waals surface area contributed by atoms with Crippen molar-refractivity contribution < 1.29 is 27.5 Å². The summed E-state index contributed by atoms with van der Waals surface area (Å²) in [6.07, 6.45) is 2.77. The Labute approximate surface area is 232 Å². The number of hydrogen-bond acceptors (Lipinski definition) is 6. The number of hydrogen-bond donors (Lipinski definition) is 1. The molecule has 0 unspecified atom stereocenters. The van der Waals surface area contributed by atoms with E-state index in [0.29, 0.717) is 43.4 Å². The molecule has 3 rings (SSSR count). The summed E-state index contributed by atoms with van der Waals surface area (Å²) in [7, 11) is -3.62. The summed E-state index contributed by atoms with van der Waals surface area (Å²) < 4.78 is 37.8. The second-order valence-corrected chi connectivity index (χ2v) is 11.9. The molecular formula is C29H41N3O6S. The third kappa shape index (κ3) is 8.11. The average Bonchev–Trinajstić information content (AvgIpc) is 2.90. The first-order valence-electron chi connectivity index (χ1n) is 13.6. The fourth-order valence-electron chi connectivity index (χ4n) is 4.52. The lowest BCUT2D eigenvalue weighted by Crippen LogP contribution is -2.50. The highest BCUT2D eigenvalue weighted by atomic mass is 32.2. The fraction of sp³-hybridized carbons (Fsp3) is 0.517. The summed E-state index contributed by atoms with van der Waals surface area (Å²) in [5.41, 5.74) is 2.45. The first kappa shape index (κ1) is 30.3. The molecule has 0 aliphatic carbocycles. The number of amides is 2. The highest BCUT2D eigenvalue weighted by Gasteiger charge is 2.30. The van der Waals surface area contributed by atoms with E-state index in [4.69, 9.17) is 9.47 Å². The minimum Gasteiger partial charge on any atom is -0.486 e. The third-order valence-electron chi connectivity index (χ3n) is 6.95. The Morgan fingerprint density at radius 3 is 2.36 bits per heavy atom. The van der Waals surface area contributed by atoms with Gasteiger partial charge in [0.15, 0.2) is 11.5 Å². The number of ether oxygens (including phenoxy) is 2. The van der Waals surface area contributed by atoms with E-state index in [1.807, 2.05) is 52.0 Å². The molecule has 9 nitrogen and oxygen atoms in total. The topological polar surface area (TPSA) is 105 Å². The van der Waals surface area contributed by atoms with E-state index in [-0.39, 0.29) is 37.2 Å². The molecule has 39 heavy (non-hydrogen) atoms. The summed E-state index contributed by atoms with van der Waals surface area (Å²) >= 11 is 0. The van der Waals surface area contributed by atoms with Crippen LogP contribution in [0, 0.1) is 6.92 Å². The molecule has 0 radical (unpaired) electrons. The van der Waals surface area contributed by atoms with Gasteiger partial charge in [0.1, 0.15) is 19.3 Å². The second kappa shape index (κ2) is 13.7. The minimum atomic E-state index is -3.62. The molecule has 0 aromatic heterocycles. The smallest absolute Gasteiger partial charge is 0.243 e. The maximum absolute atomic E-state index is 13.6. The van der Waals surface area contributed by atoms with E-state index in [0.717, 1.165) is 23.8 Å². The Kier molecular flexibility index (Phi) is 10.6. The van der Waals surface area contributed by atoms with Crippen molar-refractivity contribution in [2.24, 2.45) is 0 Å². The average molecular weight is 560 g/mol. The zero-order chi connectivity index (χ0) is 28.6. The summed E-state index contributed by atoms with van der Waals surface area (Å²) in [5.74, 6) is 0.690. The van der Waals surface area contributed by atoms with Gasteiger partial charge in [-0.1, -0.05) is 38.1 Å². The number of aryl methyl sites for hydroxylation is 1. The van der Waals surface area contributed by atoms with Gasteiger partial charge >= 0.3 is 0 Å². The largest absolute Gasteiger partial charge is 0.486 e. The molecule has 2 amide bonds. The summed E-state index contributed by atoms with van der Waals surface area (Å²) in [4.78, 5) is 28.4. The second-order valence-electron chi connectivity index (χ2n) is 9.96. The maximum atomic E-state index is 13.6. The van der Waals surface area contributed by atoms with Crippen molar-refractivity contribution in [3.63, 3.8) is 0 Å². The number of rotatable bonds is 13. The molecule has 214 valence electrons. The molecule has 2 aromatic carbocycles. The molecule has 2 aromatic rings. The van der Waals surface area contributed by atoms with E-state index >= 15 is 0 Å². The van der Waals surface area contributed by atoms with Crippen LogP contribution in [0.15, 0.2) is 42.5 Å². The van der Waals surface area contributed by atoms with E-state index in [1.54, 1.807) is 23.1 Å². The molecule has 10 heteroatoms. The normalized spacial score (nSPS) is 14.3. The van der Waals surface area contributed by atoms with Crippen LogP contribution in [-0.4, -0.2) is 63.2 Å². The quantitative estimate of drug-likeness (QED) is 0.397. The molecule has 0 saturated carbocycles. The van der Waals surface area contributed by atoms with Gasteiger partial charge in [0.2, 0.25) is 21.8 Å². The van der Waals surface area contributed by atoms with Crippen LogP contribution in [0.5, 0.6) is 11.5 Å². The van der Waals surface area contributed by atoms with Gasteiger partial charge in [0.05, 0.1) is 11.9 Å². The third-order valence-corrected chi connectivity index (χ3v) is 8.15. The molecule has 1 aliphatic rings. The van der Waals surface area contributed by atoms with Gasteiger partial charge in [0.25, 0.3) is 0 Å². The fourth-order valence-corrected chi connectivity index (χ4v) is 5.48. The summed E-state index contributed by atoms with van der Waals surface area (Å²) in [5, 5.41) is 3.01. The SMILES string of the molecule is CC[C@H](C)NC(=O)[C@H](CC)N(Cc1ccccc1C)C(=O)CCCN(c1ccc2c(c1)OCCO2)S(C)(=O)=O. The molecule has 0 fully saturated rings. The predicted molar refractivity (Wildman–Crippen MR) is 153 cm³/mol. The predicted octanol–water partition coefficient (Wildman–Crippen LogP) is 4.03. The maximum Gasteiger partial charge on any atom is 0.243 e. The molecule has 1 aliphatic heterocycles. The zero-order valence-corrected chi connectivity index (χ0v) is 24.4.